The van der Waals surface area contributed by atoms with Crippen molar-refractivity contribution in [3.63, 3.8) is 0 Å². The predicted molar refractivity (Wildman–Crippen MR) is 20.2 cm³/mol. The van der Waals surface area contributed by atoms with Crippen LogP contribution in [0.2, 0.25) is 0 Å². The monoisotopic (exact) mass is 76.0 g/mol. The number of hydrogen-bond acceptors (Lipinski definition) is 1. The van der Waals surface area contributed by atoms with Gasteiger partial charge in [-0.2, -0.15) is 0 Å². The molecule has 0 aromatic heterocycles. The molecule has 0 aliphatic heterocycles. The van der Waals surface area contributed by atoms with E-state index in [1.54, 1.807) is 0 Å². The summed E-state index contributed by atoms with van der Waals surface area (Å²) in [4.78, 5) is 8.36. The van der Waals surface area contributed by atoms with E-state index in [-0.39, 0.29) is 54.9 Å². The Morgan fingerprint density at radius 3 is 1.60 bits per heavy atom. The summed E-state index contributed by atoms with van der Waals surface area (Å²) < 4.78 is 0. The molecule has 0 aliphatic carbocycles. The first-order chi connectivity index (χ1) is 1.41. The van der Waals surface area contributed by atoms with Gasteiger partial charge in [0.05, 0.1) is 0 Å². The van der Waals surface area contributed by atoms with Crippen molar-refractivity contribution >= 4 is 54.9 Å². The van der Waals surface area contributed by atoms with Crippen LogP contribution in [0.3, 0.4) is 0 Å². The van der Waals surface area contributed by atoms with E-state index in [9.17, 15) is 0 Å². The van der Waals surface area contributed by atoms with Crippen LogP contribution in [0.1, 0.15) is 0 Å². The molecular weight excluding hydrogens is 73.9 g/mol. The van der Waals surface area contributed by atoms with E-state index in [1.807, 2.05) is 0 Å². The molecular formula is CH2LiNaO2. The van der Waals surface area contributed by atoms with Crippen molar-refractivity contribution in [1.82, 2.24) is 0 Å². The Labute approximate surface area is 64.4 Å². The van der Waals surface area contributed by atoms with Crippen molar-refractivity contribution in [2.24, 2.45) is 0 Å². The summed E-state index contributed by atoms with van der Waals surface area (Å²) in [6.45, 7) is -0.250. The summed E-state index contributed by atoms with van der Waals surface area (Å²) in [5.74, 6) is 0. The first-order valence-corrected chi connectivity index (χ1v) is 0.494. The third-order valence-electron chi connectivity index (χ3n) is 0. The molecule has 0 unspecified atom stereocenters. The second kappa shape index (κ2) is 19.6. The molecule has 1 N–H and O–H groups in total. The molecule has 0 fully saturated rings. The minimum absolute atomic E-state index is 0. The standard InChI is InChI=1S/CH2O2.Li.Na/c2-1-3;;/h1H,(H,2,3);;. The van der Waals surface area contributed by atoms with Crippen LogP contribution in [0, 0.1) is 0 Å². The topological polar surface area (TPSA) is 37.3 Å². The van der Waals surface area contributed by atoms with Gasteiger partial charge in [0.15, 0.2) is 0 Å². The van der Waals surface area contributed by atoms with E-state index < -0.39 is 0 Å². The molecule has 0 heterocycles. The van der Waals surface area contributed by atoms with Gasteiger partial charge in [-0.3, -0.25) is 4.79 Å². The van der Waals surface area contributed by atoms with Crippen LogP contribution < -0.4 is 0 Å². The first kappa shape index (κ1) is 16.6. The van der Waals surface area contributed by atoms with Gasteiger partial charge in [0.25, 0.3) is 6.47 Å². The molecule has 0 atom stereocenters. The van der Waals surface area contributed by atoms with Crippen LogP contribution in [0.15, 0.2) is 0 Å². The molecule has 0 aromatic carbocycles. The second-order valence-electron chi connectivity index (χ2n) is 0.105. The van der Waals surface area contributed by atoms with Crippen molar-refractivity contribution in [2.45, 2.75) is 0 Å². The fraction of sp³-hybridized carbons (Fsp3) is 0. The van der Waals surface area contributed by atoms with Gasteiger partial charge in [-0.05, 0) is 0 Å². The molecule has 2 radical (unpaired) electrons. The number of hydrogen-bond donors (Lipinski definition) is 1. The van der Waals surface area contributed by atoms with Gasteiger partial charge in [-0.15, -0.1) is 0 Å². The summed E-state index contributed by atoms with van der Waals surface area (Å²) in [5, 5.41) is 6.89. The minimum Gasteiger partial charge on any atom is -0.483 e. The Hall–Kier alpha value is 1.07. The van der Waals surface area contributed by atoms with Crippen LogP contribution in [-0.2, 0) is 4.79 Å². The van der Waals surface area contributed by atoms with Gasteiger partial charge in [0.2, 0.25) is 0 Å². The maximum Gasteiger partial charge on any atom is 0.290 e. The van der Waals surface area contributed by atoms with Gasteiger partial charge < -0.3 is 5.11 Å². The van der Waals surface area contributed by atoms with Gasteiger partial charge in [0.1, 0.15) is 0 Å². The van der Waals surface area contributed by atoms with Crippen molar-refractivity contribution in [1.29, 1.82) is 0 Å². The zero-order valence-electron chi connectivity index (χ0n) is 3.43. The fourth-order valence-corrected chi connectivity index (χ4v) is 0. The van der Waals surface area contributed by atoms with Crippen LogP contribution in [0.25, 0.3) is 0 Å². The Bertz CT molecular complexity index is 17.1. The molecule has 0 saturated carbocycles. The van der Waals surface area contributed by atoms with Crippen LogP contribution in [-0.4, -0.2) is 60.0 Å². The van der Waals surface area contributed by atoms with E-state index in [4.69, 9.17) is 9.90 Å². The summed E-state index contributed by atoms with van der Waals surface area (Å²) in [6, 6.07) is 0. The molecule has 0 aromatic rings. The molecule has 5 heavy (non-hydrogen) atoms. The third-order valence-corrected chi connectivity index (χ3v) is 0. The normalized spacial score (nSPS) is 2.40. The molecule has 4 heteroatoms. The fourth-order valence-electron chi connectivity index (χ4n) is 0. The van der Waals surface area contributed by atoms with E-state index in [2.05, 4.69) is 0 Å². The van der Waals surface area contributed by atoms with Crippen LogP contribution >= 0.6 is 0 Å². The van der Waals surface area contributed by atoms with Gasteiger partial charge >= 0.3 is 0 Å². The average molecular weight is 76.0 g/mol. The summed E-state index contributed by atoms with van der Waals surface area (Å²) in [5.41, 5.74) is 0. The zero-order valence-corrected chi connectivity index (χ0v) is 5.43. The molecule has 0 bridgehead atoms. The van der Waals surface area contributed by atoms with Gasteiger partial charge in [0, 0.05) is 48.4 Å². The average Bonchev–Trinajstić information content (AvgIpc) is 0.918. The molecule has 0 aliphatic rings. The van der Waals surface area contributed by atoms with Gasteiger partial charge in [-0.25, -0.2) is 0 Å². The molecule has 20 valence electrons. The van der Waals surface area contributed by atoms with Crippen LogP contribution in [0.4, 0.5) is 0 Å². The first-order valence-electron chi connectivity index (χ1n) is 0.494. The zero-order chi connectivity index (χ0) is 2.71. The predicted octanol–water partition coefficient (Wildman–Crippen LogP) is -1.06. The maximum absolute atomic E-state index is 8.36. The number of carboxylic acid groups (broad SMARTS) is 1. The molecule has 0 spiro atoms. The Morgan fingerprint density at radius 2 is 1.60 bits per heavy atom. The molecule has 0 rings (SSSR count). The van der Waals surface area contributed by atoms with E-state index in [1.165, 1.54) is 0 Å². The van der Waals surface area contributed by atoms with Gasteiger partial charge in [-0.1, -0.05) is 0 Å². The molecule has 0 amide bonds. The van der Waals surface area contributed by atoms with Crippen molar-refractivity contribution in [3.05, 3.63) is 0 Å². The second-order valence-corrected chi connectivity index (χ2v) is 0.105. The summed E-state index contributed by atoms with van der Waals surface area (Å²) in [7, 11) is 0. The quantitative estimate of drug-likeness (QED) is 0.295. The third kappa shape index (κ3) is 41.8. The maximum atomic E-state index is 8.36. The largest absolute Gasteiger partial charge is 0.483 e. The smallest absolute Gasteiger partial charge is 0.290 e. The van der Waals surface area contributed by atoms with Crippen LogP contribution in [0.5, 0.6) is 0 Å². The Balaban J connectivity index is -0.0000000200. The number of carbonyl (C=O) groups is 1. The molecule has 2 nitrogen and oxygen atoms in total. The molecule has 0 saturated heterocycles. The van der Waals surface area contributed by atoms with E-state index in [0.717, 1.165) is 0 Å². The number of rotatable bonds is 0. The van der Waals surface area contributed by atoms with Crippen molar-refractivity contribution < 1.29 is 9.90 Å². The Morgan fingerprint density at radius 1 is 1.60 bits per heavy atom. The summed E-state index contributed by atoms with van der Waals surface area (Å²) in [6.07, 6.45) is 0. The Kier molecular flexibility index (Phi) is 65.0. The van der Waals surface area contributed by atoms with Crippen molar-refractivity contribution in [3.8, 4) is 0 Å². The van der Waals surface area contributed by atoms with Crippen molar-refractivity contribution in [2.75, 3.05) is 0 Å². The summed E-state index contributed by atoms with van der Waals surface area (Å²) >= 11 is 0. The van der Waals surface area contributed by atoms with E-state index in [0.29, 0.717) is 0 Å². The van der Waals surface area contributed by atoms with E-state index >= 15 is 0 Å². The SMILES string of the molecule is O=CO.[Li].[Na]. The minimum atomic E-state index is -0.250.